The molecule has 1 aliphatic rings. The van der Waals surface area contributed by atoms with Crippen LogP contribution in [0.4, 0.5) is 17.1 Å². The van der Waals surface area contributed by atoms with Crippen molar-refractivity contribution in [1.29, 1.82) is 0 Å². The van der Waals surface area contributed by atoms with Gasteiger partial charge in [0.25, 0.3) is 5.91 Å². The van der Waals surface area contributed by atoms with E-state index in [-0.39, 0.29) is 30.7 Å². The van der Waals surface area contributed by atoms with Crippen molar-refractivity contribution in [3.05, 3.63) is 90.0 Å². The predicted octanol–water partition coefficient (Wildman–Crippen LogP) is 4.49. The number of anilines is 3. The van der Waals surface area contributed by atoms with E-state index in [2.05, 4.69) is 17.6 Å². The molecule has 32 heavy (non-hydrogen) atoms. The van der Waals surface area contributed by atoms with Crippen LogP contribution in [0, 0.1) is 5.92 Å². The third-order valence-corrected chi connectivity index (χ3v) is 5.58. The van der Waals surface area contributed by atoms with Crippen molar-refractivity contribution < 1.29 is 14.4 Å². The molecule has 4 rings (SSSR count). The fourth-order valence-electron chi connectivity index (χ4n) is 3.74. The summed E-state index contributed by atoms with van der Waals surface area (Å²) in [5, 5.41) is 5.75. The molecule has 0 aromatic heterocycles. The molecule has 6 heteroatoms. The van der Waals surface area contributed by atoms with E-state index < -0.39 is 5.92 Å². The maximum atomic E-state index is 12.7. The Morgan fingerprint density at radius 3 is 2.34 bits per heavy atom. The van der Waals surface area contributed by atoms with Gasteiger partial charge in [0.05, 0.1) is 5.92 Å². The second-order valence-corrected chi connectivity index (χ2v) is 7.82. The van der Waals surface area contributed by atoms with Crippen molar-refractivity contribution in [2.45, 2.75) is 19.8 Å². The van der Waals surface area contributed by atoms with E-state index in [9.17, 15) is 14.4 Å². The van der Waals surface area contributed by atoms with Crippen LogP contribution in [0.3, 0.4) is 0 Å². The van der Waals surface area contributed by atoms with E-state index in [0.29, 0.717) is 16.9 Å². The first-order chi connectivity index (χ1) is 15.5. The Morgan fingerprint density at radius 1 is 0.906 bits per heavy atom. The lowest BCUT2D eigenvalue weighted by molar-refractivity contribution is -0.122. The summed E-state index contributed by atoms with van der Waals surface area (Å²) < 4.78 is 0. The zero-order valence-corrected chi connectivity index (χ0v) is 17.9. The lowest BCUT2D eigenvalue weighted by Crippen LogP contribution is -2.28. The highest BCUT2D eigenvalue weighted by molar-refractivity contribution is 6.07. The number of nitrogens with one attached hydrogen (secondary N) is 2. The minimum absolute atomic E-state index is 0.132. The number of hydrogen-bond acceptors (Lipinski definition) is 3. The van der Waals surface area contributed by atoms with Gasteiger partial charge in [-0.15, -0.1) is 0 Å². The second kappa shape index (κ2) is 9.47. The van der Waals surface area contributed by atoms with Crippen LogP contribution in [-0.4, -0.2) is 24.3 Å². The van der Waals surface area contributed by atoms with Crippen LogP contribution in [0.1, 0.15) is 29.3 Å². The smallest absolute Gasteiger partial charge is 0.255 e. The van der Waals surface area contributed by atoms with Gasteiger partial charge in [0.2, 0.25) is 11.8 Å². The monoisotopic (exact) mass is 427 g/mol. The summed E-state index contributed by atoms with van der Waals surface area (Å²) in [6.07, 6.45) is 1.07. The highest BCUT2D eigenvalue weighted by Crippen LogP contribution is 2.27. The molecule has 0 bridgehead atoms. The summed E-state index contributed by atoms with van der Waals surface area (Å²) in [5.41, 5.74) is 3.67. The molecule has 6 nitrogen and oxygen atoms in total. The lowest BCUT2D eigenvalue weighted by atomic mass is 10.1. The molecule has 1 aliphatic heterocycles. The Labute approximate surface area is 187 Å². The average Bonchev–Trinajstić information content (AvgIpc) is 3.22. The molecule has 1 heterocycles. The van der Waals surface area contributed by atoms with Gasteiger partial charge in [-0.1, -0.05) is 43.3 Å². The van der Waals surface area contributed by atoms with Crippen molar-refractivity contribution in [2.75, 3.05) is 22.1 Å². The summed E-state index contributed by atoms with van der Waals surface area (Å²) in [4.78, 5) is 39.5. The van der Waals surface area contributed by atoms with Crippen LogP contribution in [-0.2, 0) is 16.0 Å². The molecule has 0 saturated carbocycles. The van der Waals surface area contributed by atoms with Gasteiger partial charge in [-0.05, 0) is 54.4 Å². The van der Waals surface area contributed by atoms with Gasteiger partial charge >= 0.3 is 0 Å². The predicted molar refractivity (Wildman–Crippen MR) is 126 cm³/mol. The van der Waals surface area contributed by atoms with E-state index in [4.69, 9.17) is 0 Å². The Morgan fingerprint density at radius 2 is 1.62 bits per heavy atom. The Hall–Kier alpha value is -3.93. The first kappa shape index (κ1) is 21.3. The number of benzene rings is 3. The van der Waals surface area contributed by atoms with E-state index in [1.807, 2.05) is 54.6 Å². The Balaban J connectivity index is 1.42. The molecule has 1 fully saturated rings. The molecule has 162 valence electrons. The summed E-state index contributed by atoms with van der Waals surface area (Å²) in [7, 11) is 0. The molecule has 0 unspecified atom stereocenters. The SMILES string of the molecule is CCc1ccc(NC(=O)[C@H]2CC(=O)N(c3cccc(C(=O)Nc4ccccc4)c3)C2)cc1. The van der Waals surface area contributed by atoms with Crippen LogP contribution in [0.5, 0.6) is 0 Å². The first-order valence-corrected chi connectivity index (χ1v) is 10.7. The van der Waals surface area contributed by atoms with Crippen LogP contribution in [0.15, 0.2) is 78.9 Å². The number of hydrogen-bond donors (Lipinski definition) is 2. The third kappa shape index (κ3) is 4.86. The molecule has 0 radical (unpaired) electrons. The zero-order chi connectivity index (χ0) is 22.5. The summed E-state index contributed by atoms with van der Waals surface area (Å²) in [6.45, 7) is 2.36. The molecule has 3 amide bonds. The topological polar surface area (TPSA) is 78.5 Å². The molecule has 3 aromatic carbocycles. The first-order valence-electron chi connectivity index (χ1n) is 10.7. The van der Waals surface area contributed by atoms with Gasteiger partial charge in [0.15, 0.2) is 0 Å². The van der Waals surface area contributed by atoms with Crippen LogP contribution in [0.2, 0.25) is 0 Å². The Bertz CT molecular complexity index is 1130. The van der Waals surface area contributed by atoms with Crippen molar-refractivity contribution in [1.82, 2.24) is 0 Å². The fraction of sp³-hybridized carbons (Fsp3) is 0.192. The number of para-hydroxylation sites is 1. The molecule has 0 aliphatic carbocycles. The normalized spacial score (nSPS) is 15.5. The molecule has 2 N–H and O–H groups in total. The van der Waals surface area contributed by atoms with Crippen LogP contribution < -0.4 is 15.5 Å². The molecule has 1 atom stereocenters. The largest absolute Gasteiger partial charge is 0.326 e. The van der Waals surface area contributed by atoms with Crippen LogP contribution in [0.25, 0.3) is 0 Å². The lowest BCUT2D eigenvalue weighted by Gasteiger charge is -2.18. The molecular weight excluding hydrogens is 402 g/mol. The molecule has 1 saturated heterocycles. The van der Waals surface area contributed by atoms with Gasteiger partial charge in [0, 0.05) is 35.6 Å². The van der Waals surface area contributed by atoms with E-state index in [1.54, 1.807) is 29.2 Å². The zero-order valence-electron chi connectivity index (χ0n) is 17.9. The summed E-state index contributed by atoms with van der Waals surface area (Å²) >= 11 is 0. The van der Waals surface area contributed by atoms with Gasteiger partial charge in [0.1, 0.15) is 0 Å². The van der Waals surface area contributed by atoms with Gasteiger partial charge in [-0.3, -0.25) is 14.4 Å². The standard InChI is InChI=1S/C26H25N3O3/c1-2-18-11-13-22(14-12-18)28-26(32)20-16-24(30)29(17-20)23-10-6-7-19(15-23)25(31)27-21-8-4-3-5-9-21/h3-15,20H,2,16-17H2,1H3,(H,27,31)(H,28,32)/t20-/m0/s1. The maximum absolute atomic E-state index is 12.7. The third-order valence-electron chi connectivity index (χ3n) is 5.58. The van der Waals surface area contributed by atoms with Crippen LogP contribution >= 0.6 is 0 Å². The van der Waals surface area contributed by atoms with E-state index in [1.165, 1.54) is 5.56 Å². The molecule has 3 aromatic rings. The number of carbonyl (C=O) groups excluding carboxylic acids is 3. The van der Waals surface area contributed by atoms with Crippen molar-refractivity contribution in [3.8, 4) is 0 Å². The van der Waals surface area contributed by atoms with Crippen molar-refractivity contribution in [2.24, 2.45) is 5.92 Å². The highest BCUT2D eigenvalue weighted by Gasteiger charge is 2.35. The summed E-state index contributed by atoms with van der Waals surface area (Å²) in [6, 6.07) is 23.8. The summed E-state index contributed by atoms with van der Waals surface area (Å²) in [5.74, 6) is -1.01. The maximum Gasteiger partial charge on any atom is 0.255 e. The fourth-order valence-corrected chi connectivity index (χ4v) is 3.74. The second-order valence-electron chi connectivity index (χ2n) is 7.82. The van der Waals surface area contributed by atoms with Crippen molar-refractivity contribution >= 4 is 34.8 Å². The molecule has 0 spiro atoms. The van der Waals surface area contributed by atoms with Gasteiger partial charge < -0.3 is 15.5 Å². The van der Waals surface area contributed by atoms with Crippen molar-refractivity contribution in [3.63, 3.8) is 0 Å². The average molecular weight is 428 g/mol. The van der Waals surface area contributed by atoms with E-state index in [0.717, 1.165) is 12.1 Å². The highest BCUT2D eigenvalue weighted by atomic mass is 16.2. The molecular formula is C26H25N3O3. The quantitative estimate of drug-likeness (QED) is 0.608. The number of carbonyl (C=O) groups is 3. The Kier molecular flexibility index (Phi) is 6.31. The minimum Gasteiger partial charge on any atom is -0.326 e. The van der Waals surface area contributed by atoms with E-state index >= 15 is 0 Å². The van der Waals surface area contributed by atoms with Gasteiger partial charge in [-0.2, -0.15) is 0 Å². The number of aryl methyl sites for hydroxylation is 1. The number of rotatable bonds is 6. The minimum atomic E-state index is -0.449. The number of amides is 3. The van der Waals surface area contributed by atoms with Gasteiger partial charge in [-0.25, -0.2) is 0 Å². The number of nitrogens with zero attached hydrogens (tertiary/aromatic N) is 1.